The number of aromatic amines is 1. The van der Waals surface area contributed by atoms with Crippen molar-refractivity contribution in [3.63, 3.8) is 0 Å². The van der Waals surface area contributed by atoms with Gasteiger partial charge in [-0.2, -0.15) is 9.50 Å². The Morgan fingerprint density at radius 2 is 1.89 bits per heavy atom. The first-order valence-electron chi connectivity index (χ1n) is 8.56. The number of hydrogen-bond donors (Lipinski definition) is 2. The van der Waals surface area contributed by atoms with Crippen LogP contribution in [0.1, 0.15) is 16.8 Å². The van der Waals surface area contributed by atoms with Crippen molar-refractivity contribution in [2.24, 2.45) is 0 Å². The highest BCUT2D eigenvalue weighted by atomic mass is 19.1. The predicted molar refractivity (Wildman–Crippen MR) is 102 cm³/mol. The molecule has 136 valence electrons. The lowest BCUT2D eigenvalue weighted by Gasteiger charge is -2.06. The number of halogens is 1. The molecule has 0 unspecified atom stereocenters. The zero-order valence-corrected chi connectivity index (χ0v) is 15.0. The molecule has 0 radical (unpaired) electrons. The van der Waals surface area contributed by atoms with Crippen molar-refractivity contribution >= 4 is 11.5 Å². The van der Waals surface area contributed by atoms with Crippen LogP contribution in [0.3, 0.4) is 0 Å². The van der Waals surface area contributed by atoms with E-state index in [-0.39, 0.29) is 23.7 Å². The van der Waals surface area contributed by atoms with Gasteiger partial charge in [-0.25, -0.2) is 9.37 Å². The fourth-order valence-corrected chi connectivity index (χ4v) is 2.83. The number of hydrogen-bond acceptors (Lipinski definition) is 4. The summed E-state index contributed by atoms with van der Waals surface area (Å²) < 4.78 is 15.0. The first kappa shape index (κ1) is 17.0. The third kappa shape index (κ3) is 3.31. The Hall–Kier alpha value is -3.48. The van der Waals surface area contributed by atoms with E-state index in [1.165, 1.54) is 22.2 Å². The Labute approximate surface area is 154 Å². The summed E-state index contributed by atoms with van der Waals surface area (Å²) in [5, 5.41) is 5.94. The molecule has 0 fully saturated rings. The van der Waals surface area contributed by atoms with Gasteiger partial charge in [0.05, 0.1) is 17.9 Å². The van der Waals surface area contributed by atoms with E-state index in [1.54, 1.807) is 18.2 Å². The number of fused-ring (bicyclic) bond motifs is 1. The van der Waals surface area contributed by atoms with Gasteiger partial charge in [-0.05, 0) is 43.2 Å². The predicted octanol–water partition coefficient (Wildman–Crippen LogP) is 3.45. The smallest absolute Gasteiger partial charge is 0.274 e. The Bertz CT molecular complexity index is 1190. The zero-order chi connectivity index (χ0) is 19.0. The highest BCUT2D eigenvalue weighted by molar-refractivity contribution is 5.59. The summed E-state index contributed by atoms with van der Waals surface area (Å²) in [4.78, 5) is 21.2. The van der Waals surface area contributed by atoms with Crippen LogP contribution in [0, 0.1) is 19.7 Å². The van der Waals surface area contributed by atoms with Crippen LogP contribution in [0.4, 0.5) is 10.1 Å². The molecule has 0 aliphatic carbocycles. The molecule has 0 saturated carbocycles. The molecule has 0 amide bonds. The summed E-state index contributed by atoms with van der Waals surface area (Å²) in [7, 11) is 0. The van der Waals surface area contributed by atoms with E-state index in [0.717, 1.165) is 11.1 Å². The third-order valence-electron chi connectivity index (χ3n) is 4.50. The number of benzene rings is 2. The minimum Gasteiger partial charge on any atom is -0.377 e. The number of para-hydroxylation sites is 1. The van der Waals surface area contributed by atoms with Gasteiger partial charge in [0.2, 0.25) is 0 Å². The monoisotopic (exact) mass is 363 g/mol. The molecule has 6 nitrogen and oxygen atoms in total. The maximum atomic E-state index is 13.7. The number of rotatable bonds is 4. The van der Waals surface area contributed by atoms with E-state index in [4.69, 9.17) is 0 Å². The molecule has 2 N–H and O–H groups in total. The van der Waals surface area contributed by atoms with Gasteiger partial charge in [0.25, 0.3) is 11.3 Å². The molecule has 7 heteroatoms. The number of anilines is 1. The maximum absolute atomic E-state index is 13.7. The van der Waals surface area contributed by atoms with Gasteiger partial charge >= 0.3 is 0 Å². The number of aromatic nitrogens is 4. The van der Waals surface area contributed by atoms with Crippen molar-refractivity contribution in [3.05, 3.63) is 81.5 Å². The lowest BCUT2D eigenvalue weighted by Crippen LogP contribution is -2.17. The van der Waals surface area contributed by atoms with Gasteiger partial charge in [-0.1, -0.05) is 24.3 Å². The molecular formula is C20H18FN5O. The number of nitrogens with one attached hydrogen (secondary N) is 2. The summed E-state index contributed by atoms with van der Waals surface area (Å²) in [5.41, 5.74) is 3.79. The van der Waals surface area contributed by atoms with Crippen LogP contribution in [0.25, 0.3) is 17.2 Å². The van der Waals surface area contributed by atoms with Crippen molar-refractivity contribution in [1.82, 2.24) is 19.6 Å². The van der Waals surface area contributed by atoms with Crippen LogP contribution >= 0.6 is 0 Å². The van der Waals surface area contributed by atoms with E-state index in [1.807, 2.05) is 32.0 Å². The molecular weight excluding hydrogens is 345 g/mol. The molecule has 0 saturated heterocycles. The molecule has 4 rings (SSSR count). The van der Waals surface area contributed by atoms with Crippen molar-refractivity contribution < 1.29 is 4.39 Å². The largest absolute Gasteiger partial charge is 0.377 e. The van der Waals surface area contributed by atoms with Crippen LogP contribution in [0.15, 0.2) is 53.3 Å². The average molecular weight is 363 g/mol. The van der Waals surface area contributed by atoms with Crippen molar-refractivity contribution in [3.8, 4) is 11.4 Å². The van der Waals surface area contributed by atoms with E-state index < -0.39 is 0 Å². The molecule has 0 spiro atoms. The third-order valence-corrected chi connectivity index (χ3v) is 4.50. The molecule has 0 aliphatic heterocycles. The molecule has 0 bridgehead atoms. The van der Waals surface area contributed by atoms with Crippen LogP contribution in [0.2, 0.25) is 0 Å². The minimum atomic E-state index is -0.355. The Balaban J connectivity index is 1.66. The number of H-pyrrole nitrogens is 1. The highest BCUT2D eigenvalue weighted by Crippen LogP contribution is 2.19. The molecule has 4 aromatic rings. The van der Waals surface area contributed by atoms with Crippen LogP contribution in [-0.2, 0) is 6.54 Å². The number of aryl methyl sites for hydroxylation is 2. The van der Waals surface area contributed by atoms with E-state index in [2.05, 4.69) is 20.4 Å². The fraction of sp³-hybridized carbons (Fsp3) is 0.150. The van der Waals surface area contributed by atoms with Gasteiger partial charge in [0, 0.05) is 11.6 Å². The van der Waals surface area contributed by atoms with Gasteiger partial charge in [-0.15, -0.1) is 0 Å². The number of nitrogens with zero attached hydrogens (tertiary/aromatic N) is 3. The summed E-state index contributed by atoms with van der Waals surface area (Å²) >= 11 is 0. The standard InChI is InChI=1S/C20H18FN5O/c1-12-7-8-14(9-13(12)2)19-24-20-23-15(10-18(27)26(20)25-19)11-22-17-6-4-3-5-16(17)21/h3-10,22H,11H2,1-2H3,(H,23,24,25). The summed E-state index contributed by atoms with van der Waals surface area (Å²) in [6.07, 6.45) is 0. The second kappa shape index (κ2) is 6.68. The van der Waals surface area contributed by atoms with Crippen LogP contribution in [0.5, 0.6) is 0 Å². The van der Waals surface area contributed by atoms with Gasteiger partial charge in [0.15, 0.2) is 5.82 Å². The van der Waals surface area contributed by atoms with Crippen molar-refractivity contribution in [2.75, 3.05) is 5.32 Å². The van der Waals surface area contributed by atoms with Crippen LogP contribution < -0.4 is 10.9 Å². The Morgan fingerprint density at radius 3 is 2.67 bits per heavy atom. The second-order valence-corrected chi connectivity index (χ2v) is 6.43. The van der Waals surface area contributed by atoms with Gasteiger partial charge in [0.1, 0.15) is 5.82 Å². The first-order valence-corrected chi connectivity index (χ1v) is 8.56. The van der Waals surface area contributed by atoms with E-state index in [0.29, 0.717) is 17.2 Å². The van der Waals surface area contributed by atoms with Gasteiger partial charge < -0.3 is 5.32 Å². The Morgan fingerprint density at radius 1 is 1.07 bits per heavy atom. The lowest BCUT2D eigenvalue weighted by atomic mass is 10.1. The lowest BCUT2D eigenvalue weighted by molar-refractivity contribution is 0.630. The molecule has 2 aromatic heterocycles. The minimum absolute atomic E-state index is 0.221. The normalized spacial score (nSPS) is 11.1. The zero-order valence-electron chi connectivity index (χ0n) is 15.0. The topological polar surface area (TPSA) is 75.1 Å². The average Bonchev–Trinajstić information content (AvgIpc) is 3.08. The molecule has 0 atom stereocenters. The van der Waals surface area contributed by atoms with E-state index in [9.17, 15) is 9.18 Å². The summed E-state index contributed by atoms with van der Waals surface area (Å²) in [6.45, 7) is 4.29. The molecule has 2 heterocycles. The highest BCUT2D eigenvalue weighted by Gasteiger charge is 2.11. The van der Waals surface area contributed by atoms with Crippen molar-refractivity contribution in [2.45, 2.75) is 20.4 Å². The molecule has 27 heavy (non-hydrogen) atoms. The van der Waals surface area contributed by atoms with Gasteiger partial charge in [-0.3, -0.25) is 9.89 Å². The molecule has 2 aromatic carbocycles. The Kier molecular flexibility index (Phi) is 4.19. The fourth-order valence-electron chi connectivity index (χ4n) is 2.83. The summed E-state index contributed by atoms with van der Waals surface area (Å²) in [5.74, 6) is 0.495. The second-order valence-electron chi connectivity index (χ2n) is 6.43. The van der Waals surface area contributed by atoms with Crippen LogP contribution in [-0.4, -0.2) is 19.6 Å². The first-order chi connectivity index (χ1) is 13.0. The quantitative estimate of drug-likeness (QED) is 0.582. The van der Waals surface area contributed by atoms with Crippen molar-refractivity contribution in [1.29, 1.82) is 0 Å². The summed E-state index contributed by atoms with van der Waals surface area (Å²) in [6, 6.07) is 13.7. The van der Waals surface area contributed by atoms with E-state index >= 15 is 0 Å². The SMILES string of the molecule is Cc1ccc(-c2nc3nc(CNc4ccccc4F)cc(=O)n3[nH]2)cc1C. The maximum Gasteiger partial charge on any atom is 0.274 e. The molecule has 0 aliphatic rings.